The summed E-state index contributed by atoms with van der Waals surface area (Å²) in [5, 5.41) is 0. The van der Waals surface area contributed by atoms with Gasteiger partial charge in [-0.05, 0) is 37.1 Å². The fourth-order valence-electron chi connectivity index (χ4n) is 2.51. The fourth-order valence-corrected chi connectivity index (χ4v) is 2.51. The van der Waals surface area contributed by atoms with Crippen LogP contribution < -0.4 is 4.74 Å². The number of carbonyl (C=O) groups excluding carboxylic acids is 2. The number of ether oxygens (including phenoxy) is 1. The van der Waals surface area contributed by atoms with Crippen molar-refractivity contribution in [3.8, 4) is 5.75 Å². The summed E-state index contributed by atoms with van der Waals surface area (Å²) in [6.07, 6.45) is 1.40. The summed E-state index contributed by atoms with van der Waals surface area (Å²) in [5.74, 6) is -0.390. The van der Waals surface area contributed by atoms with Crippen LogP contribution in [0.15, 0.2) is 24.3 Å². The van der Waals surface area contributed by atoms with E-state index in [1.807, 2.05) is 0 Å². The number of nitrogens with zero attached hydrogens (tertiary/aromatic N) is 2. The maximum absolute atomic E-state index is 12.5. The van der Waals surface area contributed by atoms with E-state index >= 15 is 0 Å². The molecular weight excluding hydrogens is 294 g/mol. The molecular formula is C15H18F2N2O3. The fraction of sp³-hybridized carbons (Fsp3) is 0.467. The predicted molar refractivity (Wildman–Crippen MR) is 75.8 cm³/mol. The van der Waals surface area contributed by atoms with Crippen LogP contribution in [0.5, 0.6) is 5.75 Å². The molecule has 1 fully saturated rings. The Morgan fingerprint density at radius 3 is 2.45 bits per heavy atom. The van der Waals surface area contributed by atoms with E-state index in [1.165, 1.54) is 34.1 Å². The Labute approximate surface area is 127 Å². The lowest BCUT2D eigenvalue weighted by molar-refractivity contribution is -0.132. The smallest absolute Gasteiger partial charge is 0.387 e. The number of alkyl halides is 2. The van der Waals surface area contributed by atoms with Gasteiger partial charge in [0.05, 0.1) is 0 Å². The Kier molecular flexibility index (Phi) is 4.95. The molecule has 5 nitrogen and oxygen atoms in total. The zero-order valence-corrected chi connectivity index (χ0v) is 12.5. The van der Waals surface area contributed by atoms with Crippen molar-refractivity contribution in [2.75, 3.05) is 20.6 Å². The van der Waals surface area contributed by atoms with Crippen molar-refractivity contribution >= 4 is 11.8 Å². The molecule has 7 heteroatoms. The highest BCUT2D eigenvalue weighted by molar-refractivity contribution is 5.98. The largest absolute Gasteiger partial charge is 0.435 e. The summed E-state index contributed by atoms with van der Waals surface area (Å²) in [4.78, 5) is 27.6. The summed E-state index contributed by atoms with van der Waals surface area (Å²) in [6, 6.07) is 5.03. The molecule has 0 saturated carbocycles. The van der Waals surface area contributed by atoms with E-state index in [4.69, 9.17) is 0 Å². The number of likely N-dealkylation sites (N-methyl/N-ethyl adjacent to an activating group) is 1. The topological polar surface area (TPSA) is 49.9 Å². The quantitative estimate of drug-likeness (QED) is 0.854. The van der Waals surface area contributed by atoms with Gasteiger partial charge in [0, 0.05) is 26.2 Å². The minimum absolute atomic E-state index is 0.00566. The molecule has 2 rings (SSSR count). The van der Waals surface area contributed by atoms with Crippen molar-refractivity contribution in [3.63, 3.8) is 0 Å². The summed E-state index contributed by atoms with van der Waals surface area (Å²) in [5.41, 5.74) is 0.347. The molecule has 0 N–H and O–H groups in total. The van der Waals surface area contributed by atoms with Gasteiger partial charge in [0.25, 0.3) is 5.91 Å². The predicted octanol–water partition coefficient (Wildman–Crippen LogP) is 1.98. The van der Waals surface area contributed by atoms with Crippen LogP contribution >= 0.6 is 0 Å². The van der Waals surface area contributed by atoms with E-state index in [1.54, 1.807) is 14.1 Å². The number of halogens is 2. The SMILES string of the molecule is CN(C)C(=O)C1CCCN1C(=O)c1ccc(OC(F)F)cc1. The summed E-state index contributed by atoms with van der Waals surface area (Å²) in [7, 11) is 3.31. The Hall–Kier alpha value is -2.18. The van der Waals surface area contributed by atoms with Crippen LogP contribution in [-0.2, 0) is 4.79 Å². The van der Waals surface area contributed by atoms with Gasteiger partial charge in [-0.1, -0.05) is 0 Å². The first kappa shape index (κ1) is 16.2. The van der Waals surface area contributed by atoms with Crippen LogP contribution in [0.4, 0.5) is 8.78 Å². The van der Waals surface area contributed by atoms with Crippen LogP contribution in [0, 0.1) is 0 Å². The van der Waals surface area contributed by atoms with E-state index in [9.17, 15) is 18.4 Å². The second-order valence-electron chi connectivity index (χ2n) is 5.29. The molecule has 1 aromatic rings. The van der Waals surface area contributed by atoms with E-state index in [-0.39, 0.29) is 17.6 Å². The highest BCUT2D eigenvalue weighted by Crippen LogP contribution is 2.23. The van der Waals surface area contributed by atoms with Gasteiger partial charge in [-0.2, -0.15) is 8.78 Å². The van der Waals surface area contributed by atoms with Crippen LogP contribution in [0.2, 0.25) is 0 Å². The maximum atomic E-state index is 12.5. The zero-order chi connectivity index (χ0) is 16.3. The third-order valence-electron chi connectivity index (χ3n) is 3.57. The van der Waals surface area contributed by atoms with Crippen LogP contribution in [0.25, 0.3) is 0 Å². The standard InChI is InChI=1S/C15H18F2N2O3/c1-18(2)14(21)12-4-3-9-19(12)13(20)10-5-7-11(8-6-10)22-15(16)17/h5-8,12,15H,3-4,9H2,1-2H3. The number of hydrogen-bond acceptors (Lipinski definition) is 3. The highest BCUT2D eigenvalue weighted by Gasteiger charge is 2.35. The number of hydrogen-bond donors (Lipinski definition) is 0. The van der Waals surface area contributed by atoms with Crippen LogP contribution in [0.3, 0.4) is 0 Å². The van der Waals surface area contributed by atoms with E-state index < -0.39 is 12.7 Å². The zero-order valence-electron chi connectivity index (χ0n) is 12.5. The number of benzene rings is 1. The first-order chi connectivity index (χ1) is 10.4. The van der Waals surface area contributed by atoms with E-state index in [0.29, 0.717) is 18.5 Å². The minimum atomic E-state index is -2.90. The molecule has 1 saturated heterocycles. The molecule has 0 bridgehead atoms. The molecule has 0 aliphatic carbocycles. The molecule has 0 spiro atoms. The molecule has 22 heavy (non-hydrogen) atoms. The maximum Gasteiger partial charge on any atom is 0.387 e. The normalized spacial score (nSPS) is 17.7. The van der Waals surface area contributed by atoms with E-state index in [0.717, 1.165) is 6.42 Å². The van der Waals surface area contributed by atoms with Crippen LogP contribution in [0.1, 0.15) is 23.2 Å². The summed E-state index contributed by atoms with van der Waals surface area (Å²) in [6.45, 7) is -2.39. The van der Waals surface area contributed by atoms with Gasteiger partial charge in [-0.25, -0.2) is 0 Å². The number of amides is 2. The molecule has 2 amide bonds. The van der Waals surface area contributed by atoms with Crippen LogP contribution in [-0.4, -0.2) is 54.9 Å². The first-order valence-electron chi connectivity index (χ1n) is 6.97. The third-order valence-corrected chi connectivity index (χ3v) is 3.57. The molecule has 1 heterocycles. The van der Waals surface area contributed by atoms with Crippen molar-refractivity contribution in [1.82, 2.24) is 9.80 Å². The monoisotopic (exact) mass is 312 g/mol. The van der Waals surface area contributed by atoms with E-state index in [2.05, 4.69) is 4.74 Å². The molecule has 1 aliphatic rings. The Balaban J connectivity index is 2.11. The number of carbonyl (C=O) groups is 2. The Morgan fingerprint density at radius 1 is 1.27 bits per heavy atom. The lowest BCUT2D eigenvalue weighted by atomic mass is 10.1. The lowest BCUT2D eigenvalue weighted by Crippen LogP contribution is -2.45. The van der Waals surface area contributed by atoms with Gasteiger partial charge in [-0.3, -0.25) is 9.59 Å². The average molecular weight is 312 g/mol. The average Bonchev–Trinajstić information content (AvgIpc) is 2.95. The Bertz CT molecular complexity index is 546. The van der Waals surface area contributed by atoms with Crippen molar-refractivity contribution in [3.05, 3.63) is 29.8 Å². The van der Waals surface area contributed by atoms with Crippen molar-refractivity contribution in [1.29, 1.82) is 0 Å². The van der Waals surface area contributed by atoms with Gasteiger partial charge in [-0.15, -0.1) is 0 Å². The number of likely N-dealkylation sites (tertiary alicyclic amines) is 1. The minimum Gasteiger partial charge on any atom is -0.435 e. The van der Waals surface area contributed by atoms with Gasteiger partial charge in [0.15, 0.2) is 0 Å². The second-order valence-corrected chi connectivity index (χ2v) is 5.29. The highest BCUT2D eigenvalue weighted by atomic mass is 19.3. The molecule has 120 valence electrons. The van der Waals surface area contributed by atoms with Gasteiger partial charge >= 0.3 is 6.61 Å². The van der Waals surface area contributed by atoms with Gasteiger partial charge in [0.1, 0.15) is 11.8 Å². The lowest BCUT2D eigenvalue weighted by Gasteiger charge is -2.26. The number of rotatable bonds is 4. The summed E-state index contributed by atoms with van der Waals surface area (Å²) < 4.78 is 28.4. The Morgan fingerprint density at radius 2 is 1.91 bits per heavy atom. The molecule has 1 aromatic carbocycles. The molecule has 1 aliphatic heterocycles. The van der Waals surface area contributed by atoms with Crippen molar-refractivity contribution < 1.29 is 23.1 Å². The third kappa shape index (κ3) is 3.52. The molecule has 1 atom stereocenters. The molecule has 0 aromatic heterocycles. The molecule has 1 unspecified atom stereocenters. The van der Waals surface area contributed by atoms with Gasteiger partial charge in [0.2, 0.25) is 5.91 Å². The van der Waals surface area contributed by atoms with Gasteiger partial charge < -0.3 is 14.5 Å². The first-order valence-corrected chi connectivity index (χ1v) is 6.97. The second kappa shape index (κ2) is 6.72. The van der Waals surface area contributed by atoms with Crippen molar-refractivity contribution in [2.24, 2.45) is 0 Å². The van der Waals surface area contributed by atoms with Crippen molar-refractivity contribution in [2.45, 2.75) is 25.5 Å². The molecule has 0 radical (unpaired) electrons. The summed E-state index contributed by atoms with van der Waals surface area (Å²) >= 11 is 0.